The minimum Gasteiger partial charge on any atom is -0.484 e. The van der Waals surface area contributed by atoms with Crippen LogP contribution in [0.2, 0.25) is 0 Å². The van der Waals surface area contributed by atoms with Gasteiger partial charge in [-0.2, -0.15) is 0 Å². The van der Waals surface area contributed by atoms with E-state index < -0.39 is 0 Å². The van der Waals surface area contributed by atoms with Crippen LogP contribution in [0.5, 0.6) is 11.5 Å². The fourth-order valence-corrected chi connectivity index (χ4v) is 3.88. The number of carbonyl (C=O) groups is 3. The highest BCUT2D eigenvalue weighted by atomic mass is 16.5. The maximum atomic E-state index is 12.7. The maximum Gasteiger partial charge on any atom is 0.257 e. The summed E-state index contributed by atoms with van der Waals surface area (Å²) in [6.07, 6.45) is 1.57. The zero-order valence-electron chi connectivity index (χ0n) is 25.0. The van der Waals surface area contributed by atoms with E-state index in [1.54, 1.807) is 30.3 Å². The lowest BCUT2D eigenvalue weighted by Gasteiger charge is -2.24. The molecule has 0 aliphatic heterocycles. The van der Waals surface area contributed by atoms with Gasteiger partial charge in [-0.3, -0.25) is 14.4 Å². The SMILES string of the molecule is CCOC(C)(C)CCNC(=O)COc1cc(C(=O)NCCN)cc(-c2ccc(OCC(=O)NCCC(C)C)cc2)c1. The third-order valence-corrected chi connectivity index (χ3v) is 6.15. The van der Waals surface area contributed by atoms with Gasteiger partial charge in [0, 0.05) is 38.3 Å². The molecule has 0 aliphatic carbocycles. The van der Waals surface area contributed by atoms with E-state index in [-0.39, 0.29) is 36.5 Å². The molecule has 0 radical (unpaired) electrons. The van der Waals surface area contributed by atoms with Crippen molar-refractivity contribution < 1.29 is 28.6 Å². The topological polar surface area (TPSA) is 141 Å². The Morgan fingerprint density at radius 1 is 0.829 bits per heavy atom. The van der Waals surface area contributed by atoms with Gasteiger partial charge in [-0.25, -0.2) is 0 Å². The summed E-state index contributed by atoms with van der Waals surface area (Å²) < 4.78 is 17.0. The lowest BCUT2D eigenvalue weighted by Crippen LogP contribution is -2.35. The Balaban J connectivity index is 2.06. The van der Waals surface area contributed by atoms with Crippen LogP contribution in [0.1, 0.15) is 57.8 Å². The summed E-state index contributed by atoms with van der Waals surface area (Å²) in [7, 11) is 0. The monoisotopic (exact) mass is 570 g/mol. The second kappa shape index (κ2) is 17.2. The molecule has 0 spiro atoms. The summed E-state index contributed by atoms with van der Waals surface area (Å²) in [4.78, 5) is 37.1. The first kappa shape index (κ1) is 33.6. The Labute approximate surface area is 243 Å². The molecule has 2 rings (SSSR count). The van der Waals surface area contributed by atoms with Crippen LogP contribution in [-0.2, 0) is 14.3 Å². The molecule has 0 fully saturated rings. The molecular weight excluding hydrogens is 524 g/mol. The Morgan fingerprint density at radius 3 is 2.07 bits per heavy atom. The zero-order valence-corrected chi connectivity index (χ0v) is 25.0. The predicted octanol–water partition coefficient (Wildman–Crippen LogP) is 3.28. The molecule has 0 unspecified atom stereocenters. The molecule has 41 heavy (non-hydrogen) atoms. The number of benzene rings is 2. The van der Waals surface area contributed by atoms with E-state index in [0.29, 0.717) is 62.2 Å². The highest BCUT2D eigenvalue weighted by Crippen LogP contribution is 2.28. The lowest BCUT2D eigenvalue weighted by atomic mass is 10.0. The van der Waals surface area contributed by atoms with Crippen LogP contribution in [0.25, 0.3) is 11.1 Å². The number of rotatable bonds is 18. The van der Waals surface area contributed by atoms with Gasteiger partial charge in [-0.15, -0.1) is 0 Å². The number of hydrogen-bond donors (Lipinski definition) is 4. The molecule has 0 aromatic heterocycles. The third kappa shape index (κ3) is 13.1. The van der Waals surface area contributed by atoms with Gasteiger partial charge in [0.25, 0.3) is 17.7 Å². The van der Waals surface area contributed by atoms with Crippen molar-refractivity contribution in [2.45, 2.75) is 53.1 Å². The van der Waals surface area contributed by atoms with E-state index in [1.807, 2.05) is 32.9 Å². The summed E-state index contributed by atoms with van der Waals surface area (Å²) in [5.74, 6) is 0.698. The van der Waals surface area contributed by atoms with E-state index in [0.717, 1.165) is 17.5 Å². The highest BCUT2D eigenvalue weighted by molar-refractivity contribution is 5.96. The van der Waals surface area contributed by atoms with Crippen LogP contribution in [0, 0.1) is 5.92 Å². The standard InChI is InChI=1S/C31H46N4O6/c1-6-41-31(4,5)12-15-34-29(37)21-40-27-18-24(17-25(19-27)30(38)35-16-13-32)23-7-9-26(10-8-23)39-20-28(36)33-14-11-22(2)3/h7-10,17-19,22H,6,11-16,20-21,32H2,1-5H3,(H,33,36)(H,34,37)(H,35,38). The van der Waals surface area contributed by atoms with Gasteiger partial charge >= 0.3 is 0 Å². The van der Waals surface area contributed by atoms with E-state index in [1.165, 1.54) is 0 Å². The van der Waals surface area contributed by atoms with Crippen molar-refractivity contribution in [2.75, 3.05) is 46.0 Å². The largest absolute Gasteiger partial charge is 0.484 e. The van der Waals surface area contributed by atoms with E-state index in [2.05, 4.69) is 29.8 Å². The Morgan fingerprint density at radius 2 is 1.46 bits per heavy atom. The van der Waals surface area contributed by atoms with Crippen molar-refractivity contribution >= 4 is 17.7 Å². The average Bonchev–Trinajstić information content (AvgIpc) is 2.93. The van der Waals surface area contributed by atoms with Gasteiger partial charge in [0.2, 0.25) is 0 Å². The molecule has 0 bridgehead atoms. The van der Waals surface area contributed by atoms with Gasteiger partial charge in [0.15, 0.2) is 13.2 Å². The first-order valence-corrected chi connectivity index (χ1v) is 14.2. The predicted molar refractivity (Wildman–Crippen MR) is 160 cm³/mol. The summed E-state index contributed by atoms with van der Waals surface area (Å²) in [5.41, 5.74) is 7.11. The number of nitrogens with two attached hydrogens (primary N) is 1. The molecule has 0 heterocycles. The summed E-state index contributed by atoms with van der Waals surface area (Å²) >= 11 is 0. The van der Waals surface area contributed by atoms with E-state index >= 15 is 0 Å². The zero-order chi connectivity index (χ0) is 30.3. The number of nitrogens with one attached hydrogen (secondary N) is 3. The lowest BCUT2D eigenvalue weighted by molar-refractivity contribution is -0.124. The molecule has 0 atom stereocenters. The normalized spacial score (nSPS) is 11.2. The minimum atomic E-state index is -0.330. The third-order valence-electron chi connectivity index (χ3n) is 6.15. The summed E-state index contributed by atoms with van der Waals surface area (Å²) in [6.45, 7) is 12.1. The molecule has 2 aromatic carbocycles. The molecular formula is C31H46N4O6. The smallest absolute Gasteiger partial charge is 0.257 e. The van der Waals surface area contributed by atoms with Crippen LogP contribution >= 0.6 is 0 Å². The Kier molecular flexibility index (Phi) is 14.1. The van der Waals surface area contributed by atoms with E-state index in [4.69, 9.17) is 19.9 Å². The van der Waals surface area contributed by atoms with Crippen LogP contribution in [0.15, 0.2) is 42.5 Å². The van der Waals surface area contributed by atoms with Crippen molar-refractivity contribution in [3.63, 3.8) is 0 Å². The van der Waals surface area contributed by atoms with E-state index in [9.17, 15) is 14.4 Å². The molecule has 0 saturated heterocycles. The van der Waals surface area contributed by atoms with Gasteiger partial charge in [0.05, 0.1) is 5.60 Å². The van der Waals surface area contributed by atoms with Crippen LogP contribution in [0.3, 0.4) is 0 Å². The Hall–Kier alpha value is -3.63. The number of hydrogen-bond acceptors (Lipinski definition) is 7. The van der Waals surface area contributed by atoms with Crippen LogP contribution in [-0.4, -0.2) is 69.3 Å². The number of carbonyl (C=O) groups excluding carboxylic acids is 3. The average molecular weight is 571 g/mol. The summed E-state index contributed by atoms with van der Waals surface area (Å²) in [6, 6.07) is 12.3. The number of amides is 3. The molecule has 10 heteroatoms. The fourth-order valence-electron chi connectivity index (χ4n) is 3.88. The van der Waals surface area contributed by atoms with Gasteiger partial charge in [0.1, 0.15) is 11.5 Å². The summed E-state index contributed by atoms with van der Waals surface area (Å²) in [5, 5.41) is 8.45. The van der Waals surface area contributed by atoms with Gasteiger partial charge < -0.3 is 35.9 Å². The second-order valence-electron chi connectivity index (χ2n) is 10.7. The molecule has 3 amide bonds. The maximum absolute atomic E-state index is 12.7. The molecule has 10 nitrogen and oxygen atoms in total. The fraction of sp³-hybridized carbons (Fsp3) is 0.516. The van der Waals surface area contributed by atoms with Crippen molar-refractivity contribution in [3.05, 3.63) is 48.0 Å². The van der Waals surface area contributed by atoms with Gasteiger partial charge in [-0.1, -0.05) is 26.0 Å². The molecule has 226 valence electrons. The van der Waals surface area contributed by atoms with Crippen LogP contribution < -0.4 is 31.2 Å². The molecule has 0 saturated carbocycles. The van der Waals surface area contributed by atoms with Crippen molar-refractivity contribution in [1.29, 1.82) is 0 Å². The molecule has 0 aliphatic rings. The Bertz CT molecular complexity index is 1120. The second-order valence-corrected chi connectivity index (χ2v) is 10.7. The van der Waals surface area contributed by atoms with Gasteiger partial charge in [-0.05, 0) is 81.0 Å². The highest BCUT2D eigenvalue weighted by Gasteiger charge is 2.18. The van der Waals surface area contributed by atoms with Crippen molar-refractivity contribution in [3.8, 4) is 22.6 Å². The number of ether oxygens (including phenoxy) is 3. The van der Waals surface area contributed by atoms with Crippen molar-refractivity contribution in [2.24, 2.45) is 11.7 Å². The quantitative estimate of drug-likeness (QED) is 0.216. The molecule has 5 N–H and O–H groups in total. The van der Waals surface area contributed by atoms with Crippen LogP contribution in [0.4, 0.5) is 0 Å². The first-order chi connectivity index (χ1) is 19.5. The first-order valence-electron chi connectivity index (χ1n) is 14.2. The van der Waals surface area contributed by atoms with Crippen molar-refractivity contribution in [1.82, 2.24) is 16.0 Å². The molecule has 2 aromatic rings. The minimum absolute atomic E-state index is 0.0720.